The smallest absolute Gasteiger partial charge is 0.241 e. The van der Waals surface area contributed by atoms with Crippen molar-refractivity contribution in [3.63, 3.8) is 0 Å². The third kappa shape index (κ3) is 2.53. The van der Waals surface area contributed by atoms with Crippen molar-refractivity contribution >= 4 is 11.6 Å². The van der Waals surface area contributed by atoms with Gasteiger partial charge < -0.3 is 11.1 Å². The van der Waals surface area contributed by atoms with Gasteiger partial charge in [-0.2, -0.15) is 0 Å². The molecule has 4 heteroatoms. The number of rotatable bonds is 2. The number of carbonyl (C=O) groups is 1. The van der Waals surface area contributed by atoms with Crippen LogP contribution in [0.25, 0.3) is 0 Å². The Morgan fingerprint density at radius 3 is 2.71 bits per heavy atom. The summed E-state index contributed by atoms with van der Waals surface area (Å²) < 4.78 is 12.7. The van der Waals surface area contributed by atoms with Crippen LogP contribution in [-0.4, -0.2) is 11.9 Å². The summed E-state index contributed by atoms with van der Waals surface area (Å²) in [6.07, 6.45) is 0. The quantitative estimate of drug-likeness (QED) is 0.751. The van der Waals surface area contributed by atoms with Gasteiger partial charge in [0.2, 0.25) is 5.91 Å². The maximum Gasteiger partial charge on any atom is 0.241 e. The van der Waals surface area contributed by atoms with E-state index in [4.69, 9.17) is 5.73 Å². The Kier molecular flexibility index (Phi) is 3.19. The predicted molar refractivity (Wildman–Crippen MR) is 53.4 cm³/mol. The van der Waals surface area contributed by atoms with Crippen molar-refractivity contribution in [2.45, 2.75) is 19.9 Å². The number of anilines is 1. The molecule has 0 unspecified atom stereocenters. The van der Waals surface area contributed by atoms with Gasteiger partial charge in [0.25, 0.3) is 0 Å². The van der Waals surface area contributed by atoms with Crippen LogP contribution in [0.5, 0.6) is 0 Å². The maximum absolute atomic E-state index is 12.7. The summed E-state index contributed by atoms with van der Waals surface area (Å²) in [4.78, 5) is 11.2. The molecule has 0 aliphatic carbocycles. The molecule has 0 aromatic heterocycles. The van der Waals surface area contributed by atoms with E-state index in [1.165, 1.54) is 18.2 Å². The first-order valence-electron chi connectivity index (χ1n) is 4.33. The molecule has 1 aromatic rings. The van der Waals surface area contributed by atoms with Gasteiger partial charge in [-0.25, -0.2) is 4.39 Å². The summed E-state index contributed by atoms with van der Waals surface area (Å²) in [6, 6.07) is 3.60. The summed E-state index contributed by atoms with van der Waals surface area (Å²) in [5.74, 6) is -0.596. The fourth-order valence-corrected chi connectivity index (χ4v) is 1.01. The molecule has 0 bridgehead atoms. The minimum absolute atomic E-state index is 0.278. The summed E-state index contributed by atoms with van der Waals surface area (Å²) in [6.45, 7) is 3.31. The first-order chi connectivity index (χ1) is 6.50. The Morgan fingerprint density at radius 1 is 1.57 bits per heavy atom. The number of nitrogens with two attached hydrogens (primary N) is 1. The molecule has 3 nitrogen and oxygen atoms in total. The van der Waals surface area contributed by atoms with Crippen LogP contribution in [0.2, 0.25) is 0 Å². The van der Waals surface area contributed by atoms with Crippen molar-refractivity contribution in [3.05, 3.63) is 29.6 Å². The fourth-order valence-electron chi connectivity index (χ4n) is 1.01. The molecule has 14 heavy (non-hydrogen) atoms. The maximum atomic E-state index is 12.7. The van der Waals surface area contributed by atoms with Gasteiger partial charge in [-0.05, 0) is 37.6 Å². The molecule has 1 atom stereocenters. The van der Waals surface area contributed by atoms with Crippen LogP contribution in [-0.2, 0) is 4.79 Å². The lowest BCUT2D eigenvalue weighted by Gasteiger charge is -2.09. The number of aryl methyl sites for hydroxylation is 1. The lowest BCUT2D eigenvalue weighted by Crippen LogP contribution is -2.32. The van der Waals surface area contributed by atoms with Gasteiger partial charge >= 0.3 is 0 Å². The number of benzene rings is 1. The molecule has 1 amide bonds. The average molecular weight is 196 g/mol. The lowest BCUT2D eigenvalue weighted by molar-refractivity contribution is -0.117. The molecule has 0 spiro atoms. The monoisotopic (exact) mass is 196 g/mol. The van der Waals surface area contributed by atoms with E-state index in [0.717, 1.165) is 0 Å². The minimum Gasteiger partial charge on any atom is -0.325 e. The zero-order chi connectivity index (χ0) is 10.7. The van der Waals surface area contributed by atoms with Crippen molar-refractivity contribution in [1.29, 1.82) is 0 Å². The van der Waals surface area contributed by atoms with E-state index in [-0.39, 0.29) is 11.7 Å². The molecule has 76 valence electrons. The Balaban J connectivity index is 2.82. The average Bonchev–Trinajstić information content (AvgIpc) is 2.09. The highest BCUT2D eigenvalue weighted by Crippen LogP contribution is 2.15. The topological polar surface area (TPSA) is 55.1 Å². The third-order valence-corrected chi connectivity index (χ3v) is 1.86. The predicted octanol–water partition coefficient (Wildman–Crippen LogP) is 1.42. The van der Waals surface area contributed by atoms with Crippen molar-refractivity contribution < 1.29 is 9.18 Å². The Hall–Kier alpha value is -1.42. The molecule has 0 saturated heterocycles. The zero-order valence-corrected chi connectivity index (χ0v) is 8.17. The van der Waals surface area contributed by atoms with Crippen molar-refractivity contribution in [1.82, 2.24) is 0 Å². The first-order valence-corrected chi connectivity index (χ1v) is 4.33. The number of nitrogens with one attached hydrogen (secondary N) is 1. The van der Waals surface area contributed by atoms with E-state index >= 15 is 0 Å². The highest BCUT2D eigenvalue weighted by Gasteiger charge is 2.08. The molecular formula is C10H13FN2O. The van der Waals surface area contributed by atoms with E-state index in [1.54, 1.807) is 13.8 Å². The molecule has 0 heterocycles. The molecule has 0 radical (unpaired) electrons. The van der Waals surface area contributed by atoms with Crippen LogP contribution in [0.1, 0.15) is 12.5 Å². The van der Waals surface area contributed by atoms with Gasteiger partial charge in [0, 0.05) is 5.69 Å². The van der Waals surface area contributed by atoms with E-state index < -0.39 is 6.04 Å². The van der Waals surface area contributed by atoms with Gasteiger partial charge in [-0.3, -0.25) is 4.79 Å². The summed E-state index contributed by atoms with van der Waals surface area (Å²) in [5, 5.41) is 2.61. The first kappa shape index (κ1) is 10.7. The van der Waals surface area contributed by atoms with Crippen LogP contribution < -0.4 is 11.1 Å². The van der Waals surface area contributed by atoms with Gasteiger partial charge in [-0.1, -0.05) is 0 Å². The second-order valence-electron chi connectivity index (χ2n) is 3.24. The molecule has 0 saturated carbocycles. The fraction of sp³-hybridized carbons (Fsp3) is 0.300. The number of amides is 1. The van der Waals surface area contributed by atoms with E-state index in [2.05, 4.69) is 5.32 Å². The Labute approximate surface area is 82.1 Å². The normalized spacial score (nSPS) is 12.3. The Morgan fingerprint density at radius 2 is 2.21 bits per heavy atom. The molecular weight excluding hydrogens is 183 g/mol. The summed E-state index contributed by atoms with van der Waals surface area (Å²) in [7, 11) is 0. The highest BCUT2D eigenvalue weighted by atomic mass is 19.1. The van der Waals surface area contributed by atoms with Gasteiger partial charge in [0.15, 0.2) is 0 Å². The largest absolute Gasteiger partial charge is 0.325 e. The van der Waals surface area contributed by atoms with Crippen LogP contribution >= 0.6 is 0 Å². The molecule has 3 N–H and O–H groups in total. The zero-order valence-electron chi connectivity index (χ0n) is 8.17. The standard InChI is InChI=1S/C10H13FN2O/c1-6-5-8(11)3-4-9(6)13-10(14)7(2)12/h3-5,7H,12H2,1-2H3,(H,13,14)/t7-/m0/s1. The van der Waals surface area contributed by atoms with Crippen LogP contribution in [0.4, 0.5) is 10.1 Å². The van der Waals surface area contributed by atoms with Gasteiger partial charge in [0.05, 0.1) is 6.04 Å². The van der Waals surface area contributed by atoms with Crippen LogP contribution in [0.15, 0.2) is 18.2 Å². The second kappa shape index (κ2) is 4.19. The molecule has 0 fully saturated rings. The summed E-state index contributed by atoms with van der Waals surface area (Å²) >= 11 is 0. The van der Waals surface area contributed by atoms with E-state index in [0.29, 0.717) is 11.3 Å². The minimum atomic E-state index is -0.570. The third-order valence-electron chi connectivity index (χ3n) is 1.86. The van der Waals surface area contributed by atoms with Gasteiger partial charge in [-0.15, -0.1) is 0 Å². The molecule has 0 aliphatic rings. The number of halogens is 1. The van der Waals surface area contributed by atoms with Crippen molar-refractivity contribution in [2.24, 2.45) is 5.73 Å². The van der Waals surface area contributed by atoms with E-state index in [1.807, 2.05) is 0 Å². The Bertz CT molecular complexity index is 350. The number of carbonyl (C=O) groups excluding carboxylic acids is 1. The molecule has 1 rings (SSSR count). The highest BCUT2D eigenvalue weighted by molar-refractivity contribution is 5.94. The van der Waals surface area contributed by atoms with Gasteiger partial charge in [0.1, 0.15) is 5.82 Å². The summed E-state index contributed by atoms with van der Waals surface area (Å²) in [5.41, 5.74) is 6.65. The molecule has 1 aromatic carbocycles. The van der Waals surface area contributed by atoms with Crippen molar-refractivity contribution in [2.75, 3.05) is 5.32 Å². The van der Waals surface area contributed by atoms with Crippen LogP contribution in [0.3, 0.4) is 0 Å². The number of hydrogen-bond donors (Lipinski definition) is 2. The number of hydrogen-bond acceptors (Lipinski definition) is 2. The lowest BCUT2D eigenvalue weighted by atomic mass is 10.2. The SMILES string of the molecule is Cc1cc(F)ccc1NC(=O)[C@H](C)N. The second-order valence-corrected chi connectivity index (χ2v) is 3.24. The van der Waals surface area contributed by atoms with E-state index in [9.17, 15) is 9.18 Å². The van der Waals surface area contributed by atoms with Crippen molar-refractivity contribution in [3.8, 4) is 0 Å². The van der Waals surface area contributed by atoms with Crippen LogP contribution in [0, 0.1) is 12.7 Å². The molecule has 0 aliphatic heterocycles.